The van der Waals surface area contributed by atoms with Crippen molar-refractivity contribution in [1.82, 2.24) is 13.9 Å². The van der Waals surface area contributed by atoms with Crippen LogP contribution in [0.5, 0.6) is 0 Å². The van der Waals surface area contributed by atoms with Gasteiger partial charge in [-0.2, -0.15) is 17.0 Å². The number of piperidine rings is 1. The number of rotatable bonds is 6. The van der Waals surface area contributed by atoms with E-state index in [4.69, 9.17) is 4.74 Å². The fourth-order valence-electron chi connectivity index (χ4n) is 3.06. The van der Waals surface area contributed by atoms with E-state index in [0.717, 1.165) is 38.8 Å². The van der Waals surface area contributed by atoms with E-state index in [2.05, 4.69) is 5.32 Å². The molecule has 7 heteroatoms. The number of hydrogen-bond acceptors (Lipinski definition) is 4. The summed E-state index contributed by atoms with van der Waals surface area (Å²) in [6.07, 6.45) is 4.10. The molecule has 2 atom stereocenters. The maximum Gasteiger partial charge on any atom is 0.281 e. The van der Waals surface area contributed by atoms with E-state index in [1.807, 2.05) is 7.05 Å². The summed E-state index contributed by atoms with van der Waals surface area (Å²) in [6, 6.07) is 0. The number of ether oxygens (including phenoxy) is 1. The molecular weight excluding hydrogens is 278 g/mol. The van der Waals surface area contributed by atoms with Gasteiger partial charge in [-0.15, -0.1) is 0 Å². The van der Waals surface area contributed by atoms with Crippen molar-refractivity contribution in [2.45, 2.75) is 31.8 Å². The van der Waals surface area contributed by atoms with Gasteiger partial charge in [0.25, 0.3) is 10.2 Å². The Morgan fingerprint density at radius 1 is 1.35 bits per heavy atom. The quantitative estimate of drug-likeness (QED) is 0.765. The number of nitrogens with one attached hydrogen (secondary N) is 1. The highest BCUT2D eigenvalue weighted by atomic mass is 32.2. The average molecular weight is 305 g/mol. The summed E-state index contributed by atoms with van der Waals surface area (Å²) in [5.41, 5.74) is 0. The van der Waals surface area contributed by atoms with Crippen molar-refractivity contribution in [3.05, 3.63) is 0 Å². The molecule has 0 aromatic carbocycles. The van der Waals surface area contributed by atoms with Crippen molar-refractivity contribution >= 4 is 10.2 Å². The second-order valence-corrected chi connectivity index (χ2v) is 7.88. The highest BCUT2D eigenvalue weighted by Gasteiger charge is 2.33. The van der Waals surface area contributed by atoms with Gasteiger partial charge in [0.1, 0.15) is 0 Å². The van der Waals surface area contributed by atoms with Crippen LogP contribution in [0.1, 0.15) is 25.7 Å². The Kier molecular flexibility index (Phi) is 5.80. The summed E-state index contributed by atoms with van der Waals surface area (Å²) in [4.78, 5) is 0. The number of likely N-dealkylation sites (N-methyl/N-ethyl adjacent to an activating group) is 1. The molecule has 2 aliphatic rings. The molecule has 1 N–H and O–H groups in total. The summed E-state index contributed by atoms with van der Waals surface area (Å²) in [5, 5.41) is 3.14. The summed E-state index contributed by atoms with van der Waals surface area (Å²) in [6.45, 7) is 3.36. The first-order chi connectivity index (χ1) is 9.54. The predicted molar refractivity (Wildman–Crippen MR) is 78.7 cm³/mol. The van der Waals surface area contributed by atoms with Gasteiger partial charge in [0.15, 0.2) is 0 Å². The lowest BCUT2D eigenvalue weighted by molar-refractivity contribution is 0.0959. The number of hydrogen-bond donors (Lipinski definition) is 1. The summed E-state index contributed by atoms with van der Waals surface area (Å²) >= 11 is 0. The fourth-order valence-corrected chi connectivity index (χ4v) is 4.57. The molecule has 0 amide bonds. The SMILES string of the molecule is CNCC1CCCN(S(=O)(=O)N(C)CC2CCCO2)C1. The third kappa shape index (κ3) is 3.92. The van der Waals surface area contributed by atoms with Crippen LogP contribution in [0.4, 0.5) is 0 Å². The molecule has 2 heterocycles. The van der Waals surface area contributed by atoms with Gasteiger partial charge in [-0.05, 0) is 45.2 Å². The lowest BCUT2D eigenvalue weighted by atomic mass is 10.00. The molecule has 20 heavy (non-hydrogen) atoms. The lowest BCUT2D eigenvalue weighted by Crippen LogP contribution is -2.49. The van der Waals surface area contributed by atoms with Crippen molar-refractivity contribution in [3.8, 4) is 0 Å². The molecular formula is C13H27N3O3S. The first-order valence-electron chi connectivity index (χ1n) is 7.51. The zero-order valence-electron chi connectivity index (χ0n) is 12.5. The van der Waals surface area contributed by atoms with Crippen LogP contribution in [-0.4, -0.2) is 70.0 Å². The highest BCUT2D eigenvalue weighted by Crippen LogP contribution is 2.21. The molecule has 2 aliphatic heterocycles. The third-order valence-corrected chi connectivity index (χ3v) is 6.10. The molecule has 0 spiro atoms. The van der Waals surface area contributed by atoms with E-state index >= 15 is 0 Å². The van der Waals surface area contributed by atoms with Crippen molar-refractivity contribution in [3.63, 3.8) is 0 Å². The van der Waals surface area contributed by atoms with E-state index in [1.165, 1.54) is 4.31 Å². The zero-order chi connectivity index (χ0) is 14.6. The molecule has 6 nitrogen and oxygen atoms in total. The fraction of sp³-hybridized carbons (Fsp3) is 1.00. The molecule has 2 fully saturated rings. The van der Waals surface area contributed by atoms with Crippen LogP contribution in [0.2, 0.25) is 0 Å². The largest absolute Gasteiger partial charge is 0.377 e. The zero-order valence-corrected chi connectivity index (χ0v) is 13.4. The average Bonchev–Trinajstić information content (AvgIpc) is 2.92. The van der Waals surface area contributed by atoms with Crippen molar-refractivity contribution in [2.24, 2.45) is 5.92 Å². The molecule has 2 unspecified atom stereocenters. The van der Waals surface area contributed by atoms with E-state index in [0.29, 0.717) is 25.6 Å². The highest BCUT2D eigenvalue weighted by molar-refractivity contribution is 7.86. The summed E-state index contributed by atoms with van der Waals surface area (Å²) < 4.78 is 33.8. The molecule has 2 rings (SSSR count). The van der Waals surface area contributed by atoms with Crippen LogP contribution in [-0.2, 0) is 14.9 Å². The first kappa shape index (κ1) is 16.2. The van der Waals surface area contributed by atoms with Crippen LogP contribution in [0.3, 0.4) is 0 Å². The summed E-state index contributed by atoms with van der Waals surface area (Å²) in [5.74, 6) is 0.416. The van der Waals surface area contributed by atoms with Crippen LogP contribution in [0.15, 0.2) is 0 Å². The Labute approximate surface area is 122 Å². The molecule has 2 saturated heterocycles. The monoisotopic (exact) mass is 305 g/mol. The lowest BCUT2D eigenvalue weighted by Gasteiger charge is -2.34. The third-order valence-electron chi connectivity index (χ3n) is 4.18. The van der Waals surface area contributed by atoms with Crippen molar-refractivity contribution < 1.29 is 13.2 Å². The van der Waals surface area contributed by atoms with Crippen molar-refractivity contribution in [2.75, 3.05) is 46.9 Å². The second kappa shape index (κ2) is 7.17. The van der Waals surface area contributed by atoms with E-state index in [-0.39, 0.29) is 6.10 Å². The molecule has 0 aromatic rings. The van der Waals surface area contributed by atoms with E-state index < -0.39 is 10.2 Å². The molecule has 0 aromatic heterocycles. The summed E-state index contributed by atoms with van der Waals surface area (Å²) in [7, 11) is 0.237. The smallest absolute Gasteiger partial charge is 0.281 e. The van der Waals surface area contributed by atoms with E-state index in [1.54, 1.807) is 11.4 Å². The standard InChI is InChI=1S/C13H27N3O3S/c1-14-9-12-5-3-7-16(10-12)20(17,18)15(2)11-13-6-4-8-19-13/h12-14H,3-11H2,1-2H3. The van der Waals surface area contributed by atoms with E-state index in [9.17, 15) is 8.42 Å². The molecule has 118 valence electrons. The van der Waals surface area contributed by atoms with Gasteiger partial charge in [-0.25, -0.2) is 0 Å². The van der Waals surface area contributed by atoms with Crippen molar-refractivity contribution in [1.29, 1.82) is 0 Å². The Morgan fingerprint density at radius 2 is 2.15 bits per heavy atom. The molecule has 0 radical (unpaired) electrons. The van der Waals surface area contributed by atoms with Gasteiger partial charge in [-0.1, -0.05) is 0 Å². The van der Waals surface area contributed by atoms with Gasteiger partial charge in [0.05, 0.1) is 6.10 Å². The normalized spacial score (nSPS) is 29.1. The Morgan fingerprint density at radius 3 is 2.80 bits per heavy atom. The minimum absolute atomic E-state index is 0.0627. The topological polar surface area (TPSA) is 61.9 Å². The number of nitrogens with zero attached hydrogens (tertiary/aromatic N) is 2. The van der Waals surface area contributed by atoms with Gasteiger partial charge in [0.2, 0.25) is 0 Å². The van der Waals surface area contributed by atoms with Gasteiger partial charge < -0.3 is 10.1 Å². The van der Waals surface area contributed by atoms with Crippen LogP contribution in [0.25, 0.3) is 0 Å². The van der Waals surface area contributed by atoms with Gasteiger partial charge in [-0.3, -0.25) is 0 Å². The maximum atomic E-state index is 12.6. The first-order valence-corrected chi connectivity index (χ1v) is 8.91. The minimum atomic E-state index is -3.34. The molecule has 0 saturated carbocycles. The van der Waals surface area contributed by atoms with Gasteiger partial charge in [0, 0.05) is 33.3 Å². The molecule has 0 aliphatic carbocycles. The predicted octanol–water partition coefficient (Wildman–Crippen LogP) is 0.273. The van der Waals surface area contributed by atoms with Crippen LogP contribution in [0, 0.1) is 5.92 Å². The van der Waals surface area contributed by atoms with Gasteiger partial charge >= 0.3 is 0 Å². The molecule has 0 bridgehead atoms. The Bertz CT molecular complexity index is 394. The second-order valence-electron chi connectivity index (χ2n) is 5.85. The Balaban J connectivity index is 1.93. The van der Waals surface area contributed by atoms with Crippen LogP contribution >= 0.6 is 0 Å². The maximum absolute atomic E-state index is 12.6. The Hall–Kier alpha value is -0.210. The van der Waals surface area contributed by atoms with Crippen LogP contribution < -0.4 is 5.32 Å². The minimum Gasteiger partial charge on any atom is -0.377 e.